The van der Waals surface area contributed by atoms with Crippen LogP contribution in [0.2, 0.25) is 0 Å². The molecule has 0 bridgehead atoms. The predicted octanol–water partition coefficient (Wildman–Crippen LogP) is 3.93. The highest BCUT2D eigenvalue weighted by molar-refractivity contribution is 5.83. The van der Waals surface area contributed by atoms with Crippen molar-refractivity contribution in [2.75, 3.05) is 0 Å². The summed E-state index contributed by atoms with van der Waals surface area (Å²) in [6.07, 6.45) is 5.23. The SMILES string of the molecule is CC(=O)CC[C@@H]1C[C@@]2(C)[C@@H](CC[C@@H]2OC(C)(C)C)CC1=O. The molecule has 2 aliphatic rings. The van der Waals surface area contributed by atoms with Gasteiger partial charge in [-0.2, -0.15) is 0 Å². The molecule has 0 amide bonds. The normalized spacial score (nSPS) is 36.6. The number of fused-ring (bicyclic) bond motifs is 1. The molecule has 2 rings (SSSR count). The van der Waals surface area contributed by atoms with Crippen molar-refractivity contribution in [3.05, 3.63) is 0 Å². The summed E-state index contributed by atoms with van der Waals surface area (Å²) < 4.78 is 6.30. The summed E-state index contributed by atoms with van der Waals surface area (Å²) in [5.41, 5.74) is -0.0401. The minimum absolute atomic E-state index is 0.0549. The highest BCUT2D eigenvalue weighted by Gasteiger charge is 2.53. The van der Waals surface area contributed by atoms with Crippen molar-refractivity contribution in [3.8, 4) is 0 Å². The van der Waals surface area contributed by atoms with Crippen molar-refractivity contribution >= 4 is 11.6 Å². The lowest BCUT2D eigenvalue weighted by Crippen LogP contribution is -2.45. The number of rotatable bonds is 4. The Kier molecular flexibility index (Phi) is 4.63. The van der Waals surface area contributed by atoms with E-state index >= 15 is 0 Å². The van der Waals surface area contributed by atoms with Gasteiger partial charge in [0, 0.05) is 18.8 Å². The molecule has 0 N–H and O–H groups in total. The van der Waals surface area contributed by atoms with Gasteiger partial charge in [0.05, 0.1) is 11.7 Å². The zero-order valence-electron chi connectivity index (χ0n) is 14.2. The van der Waals surface area contributed by atoms with Crippen LogP contribution in [0.1, 0.15) is 73.1 Å². The summed E-state index contributed by atoms with van der Waals surface area (Å²) >= 11 is 0. The van der Waals surface area contributed by atoms with E-state index in [1.165, 1.54) is 0 Å². The molecule has 120 valence electrons. The third-order valence-electron chi connectivity index (χ3n) is 5.38. The van der Waals surface area contributed by atoms with Crippen molar-refractivity contribution in [3.63, 3.8) is 0 Å². The van der Waals surface area contributed by atoms with Gasteiger partial charge < -0.3 is 9.53 Å². The lowest BCUT2D eigenvalue weighted by atomic mass is 9.63. The lowest BCUT2D eigenvalue weighted by molar-refractivity contribution is -0.143. The van der Waals surface area contributed by atoms with E-state index in [1.54, 1.807) is 6.92 Å². The Balaban J connectivity index is 2.09. The van der Waals surface area contributed by atoms with Crippen molar-refractivity contribution in [1.82, 2.24) is 0 Å². The first-order chi connectivity index (χ1) is 9.62. The van der Waals surface area contributed by atoms with Crippen molar-refractivity contribution < 1.29 is 14.3 Å². The predicted molar refractivity (Wildman–Crippen MR) is 83.1 cm³/mol. The summed E-state index contributed by atoms with van der Waals surface area (Å²) in [4.78, 5) is 23.5. The standard InChI is InChI=1S/C18H30O3/c1-12(19)6-7-13-11-18(5)14(10-15(13)20)8-9-16(18)21-17(2,3)4/h13-14,16H,6-11H2,1-5H3/t13-,14+,16+,18+/m1/s1. The number of hydrogen-bond acceptors (Lipinski definition) is 3. The summed E-state index contributed by atoms with van der Waals surface area (Å²) in [7, 11) is 0. The van der Waals surface area contributed by atoms with Gasteiger partial charge in [0.25, 0.3) is 0 Å². The van der Waals surface area contributed by atoms with Crippen molar-refractivity contribution in [2.24, 2.45) is 17.3 Å². The van der Waals surface area contributed by atoms with Crippen LogP contribution >= 0.6 is 0 Å². The van der Waals surface area contributed by atoms with Crippen molar-refractivity contribution in [1.29, 1.82) is 0 Å². The molecule has 3 nitrogen and oxygen atoms in total. The first-order valence-corrected chi connectivity index (χ1v) is 8.32. The van der Waals surface area contributed by atoms with Crippen LogP contribution in [0.25, 0.3) is 0 Å². The third-order valence-corrected chi connectivity index (χ3v) is 5.38. The van der Waals surface area contributed by atoms with Gasteiger partial charge in [-0.25, -0.2) is 0 Å². The Hall–Kier alpha value is -0.700. The van der Waals surface area contributed by atoms with Gasteiger partial charge in [-0.3, -0.25) is 4.79 Å². The van der Waals surface area contributed by atoms with Gasteiger partial charge in [-0.1, -0.05) is 6.92 Å². The van der Waals surface area contributed by atoms with Crippen LogP contribution in [0, 0.1) is 17.3 Å². The van der Waals surface area contributed by atoms with Crippen molar-refractivity contribution in [2.45, 2.75) is 84.8 Å². The highest BCUT2D eigenvalue weighted by Crippen LogP contribution is 2.55. The molecule has 2 saturated carbocycles. The summed E-state index contributed by atoms with van der Waals surface area (Å²) in [6, 6.07) is 0. The molecule has 2 fully saturated rings. The molecule has 0 aromatic rings. The molecule has 0 aromatic carbocycles. The maximum atomic E-state index is 12.3. The average molecular weight is 294 g/mol. The summed E-state index contributed by atoms with van der Waals surface area (Å²) in [6.45, 7) is 10.2. The second kappa shape index (κ2) is 5.83. The topological polar surface area (TPSA) is 43.4 Å². The zero-order valence-corrected chi connectivity index (χ0v) is 14.2. The van der Waals surface area contributed by atoms with Gasteiger partial charge in [0.15, 0.2) is 0 Å². The van der Waals surface area contributed by atoms with E-state index in [-0.39, 0.29) is 28.8 Å². The quantitative estimate of drug-likeness (QED) is 0.789. The molecule has 0 spiro atoms. The Morgan fingerprint density at radius 2 is 2.00 bits per heavy atom. The van der Waals surface area contributed by atoms with Gasteiger partial charge in [-0.15, -0.1) is 0 Å². The number of ketones is 2. The van der Waals surface area contributed by atoms with Crippen LogP contribution in [0.4, 0.5) is 0 Å². The number of carbonyl (C=O) groups is 2. The Bertz CT molecular complexity index is 421. The van der Waals surface area contributed by atoms with E-state index in [2.05, 4.69) is 27.7 Å². The van der Waals surface area contributed by atoms with Crippen LogP contribution in [-0.2, 0) is 14.3 Å². The Morgan fingerprint density at radius 1 is 1.33 bits per heavy atom. The number of Topliss-reactive ketones (excluding diaryl/α,β-unsaturated/α-hetero) is 2. The number of carbonyl (C=O) groups excluding carboxylic acids is 2. The first-order valence-electron chi connectivity index (χ1n) is 8.32. The van der Waals surface area contributed by atoms with E-state index in [0.29, 0.717) is 24.5 Å². The molecule has 21 heavy (non-hydrogen) atoms. The molecule has 3 heteroatoms. The number of ether oxygens (including phenoxy) is 1. The molecule has 0 heterocycles. The van der Waals surface area contributed by atoms with Crippen LogP contribution in [0.15, 0.2) is 0 Å². The fourth-order valence-electron chi connectivity index (χ4n) is 4.22. The molecule has 0 aromatic heterocycles. The van der Waals surface area contributed by atoms with E-state index in [1.807, 2.05) is 0 Å². The molecular formula is C18H30O3. The van der Waals surface area contributed by atoms with Crippen LogP contribution in [-0.4, -0.2) is 23.3 Å². The molecule has 0 unspecified atom stereocenters. The lowest BCUT2D eigenvalue weighted by Gasteiger charge is -2.44. The summed E-state index contributed by atoms with van der Waals surface area (Å²) in [5.74, 6) is 1.07. The second-order valence-corrected chi connectivity index (χ2v) is 8.31. The fraction of sp³-hybridized carbons (Fsp3) is 0.889. The first kappa shape index (κ1) is 16.7. The largest absolute Gasteiger partial charge is 0.372 e. The zero-order chi connectivity index (χ0) is 15.8. The molecule has 0 aliphatic heterocycles. The minimum atomic E-state index is -0.140. The Morgan fingerprint density at radius 3 is 2.57 bits per heavy atom. The van der Waals surface area contributed by atoms with Gasteiger partial charge in [0.2, 0.25) is 0 Å². The highest BCUT2D eigenvalue weighted by atomic mass is 16.5. The minimum Gasteiger partial charge on any atom is -0.372 e. The number of hydrogen-bond donors (Lipinski definition) is 0. The Labute approximate surface area is 128 Å². The average Bonchev–Trinajstić information content (AvgIpc) is 2.62. The molecule has 4 atom stereocenters. The third kappa shape index (κ3) is 3.74. The van der Waals surface area contributed by atoms with E-state index in [9.17, 15) is 9.59 Å². The second-order valence-electron chi connectivity index (χ2n) is 8.31. The molecule has 2 aliphatic carbocycles. The smallest absolute Gasteiger partial charge is 0.136 e. The van der Waals surface area contributed by atoms with E-state index in [0.717, 1.165) is 25.7 Å². The van der Waals surface area contributed by atoms with Gasteiger partial charge >= 0.3 is 0 Å². The van der Waals surface area contributed by atoms with E-state index < -0.39 is 0 Å². The molecule has 0 saturated heterocycles. The van der Waals surface area contributed by atoms with Gasteiger partial charge in [0.1, 0.15) is 11.6 Å². The monoisotopic (exact) mass is 294 g/mol. The maximum Gasteiger partial charge on any atom is 0.136 e. The van der Waals surface area contributed by atoms with Crippen LogP contribution in [0.5, 0.6) is 0 Å². The van der Waals surface area contributed by atoms with Gasteiger partial charge in [-0.05, 0) is 64.7 Å². The maximum absolute atomic E-state index is 12.3. The van der Waals surface area contributed by atoms with E-state index in [4.69, 9.17) is 4.74 Å². The van der Waals surface area contributed by atoms with Crippen LogP contribution in [0.3, 0.4) is 0 Å². The summed E-state index contributed by atoms with van der Waals surface area (Å²) in [5, 5.41) is 0. The van der Waals surface area contributed by atoms with Crippen LogP contribution < -0.4 is 0 Å². The fourth-order valence-corrected chi connectivity index (χ4v) is 4.22. The molecule has 0 radical (unpaired) electrons. The molecular weight excluding hydrogens is 264 g/mol.